The number of benzene rings is 2. The number of carbonyl (C=O) groups excluding carboxylic acids is 2. The number of anilines is 1. The van der Waals surface area contributed by atoms with Gasteiger partial charge < -0.3 is 24.1 Å². The number of nitrogens with zero attached hydrogens (tertiary/aromatic N) is 1. The maximum atomic E-state index is 13.1. The van der Waals surface area contributed by atoms with Crippen molar-refractivity contribution in [1.82, 2.24) is 0 Å². The molecule has 0 spiro atoms. The molecule has 1 fully saturated rings. The number of ketones is 1. The van der Waals surface area contributed by atoms with Crippen LogP contribution in [0.25, 0.3) is 5.76 Å². The molecule has 0 bridgehead atoms. The number of carbonyl (C=O) groups is 2. The number of aliphatic hydroxyl groups excluding tert-OH is 1. The summed E-state index contributed by atoms with van der Waals surface area (Å²) in [5.41, 5.74) is 0.266. The third-order valence-corrected chi connectivity index (χ3v) is 5.26. The number of rotatable bonds is 3. The second-order valence-corrected chi connectivity index (χ2v) is 7.17. The number of ether oxygens (including phenoxy) is 2. The van der Waals surface area contributed by atoms with Gasteiger partial charge in [0.25, 0.3) is 11.7 Å². The number of fused-ring (bicyclic) bond motifs is 1. The maximum absolute atomic E-state index is 13.1. The van der Waals surface area contributed by atoms with Crippen LogP contribution in [0.2, 0.25) is 0 Å². The van der Waals surface area contributed by atoms with Crippen molar-refractivity contribution in [3.05, 3.63) is 77.3 Å². The quantitative estimate of drug-likeness (QED) is 0.379. The number of hydrogen-bond acceptors (Lipinski definition) is 7. The van der Waals surface area contributed by atoms with Gasteiger partial charge in [0.05, 0.1) is 11.3 Å². The summed E-state index contributed by atoms with van der Waals surface area (Å²) in [6.07, 6.45) is 0. The van der Waals surface area contributed by atoms with Crippen LogP contribution in [0, 0.1) is 6.92 Å². The molecule has 5 rings (SSSR count). The van der Waals surface area contributed by atoms with Gasteiger partial charge in [-0.15, -0.1) is 0 Å². The van der Waals surface area contributed by atoms with Gasteiger partial charge in [-0.1, -0.05) is 12.1 Å². The van der Waals surface area contributed by atoms with Gasteiger partial charge in [0.2, 0.25) is 6.79 Å². The molecule has 1 aromatic heterocycles. The highest BCUT2D eigenvalue weighted by Gasteiger charge is 2.49. The Labute approximate surface area is 176 Å². The van der Waals surface area contributed by atoms with Crippen LogP contribution >= 0.6 is 0 Å². The summed E-state index contributed by atoms with van der Waals surface area (Å²) in [5, 5.41) is 21.4. The molecule has 8 heteroatoms. The van der Waals surface area contributed by atoms with Crippen molar-refractivity contribution in [1.29, 1.82) is 0 Å². The first-order valence-corrected chi connectivity index (χ1v) is 9.51. The Hall–Kier alpha value is -4.20. The van der Waals surface area contributed by atoms with Crippen LogP contribution < -0.4 is 14.4 Å². The summed E-state index contributed by atoms with van der Waals surface area (Å²) in [4.78, 5) is 27.2. The van der Waals surface area contributed by atoms with Crippen molar-refractivity contribution in [3.8, 4) is 17.2 Å². The van der Waals surface area contributed by atoms with Crippen LogP contribution in [0.1, 0.15) is 23.1 Å². The average Bonchev–Trinajstić information content (AvgIpc) is 3.46. The Morgan fingerprint density at radius 2 is 1.81 bits per heavy atom. The van der Waals surface area contributed by atoms with E-state index in [9.17, 15) is 19.8 Å². The molecule has 2 N–H and O–H groups in total. The number of amides is 1. The summed E-state index contributed by atoms with van der Waals surface area (Å²) >= 11 is 0. The van der Waals surface area contributed by atoms with E-state index < -0.39 is 17.7 Å². The van der Waals surface area contributed by atoms with Crippen molar-refractivity contribution in [2.75, 3.05) is 11.7 Å². The summed E-state index contributed by atoms with van der Waals surface area (Å²) in [5.74, 6) is -0.549. The molecule has 0 radical (unpaired) electrons. The van der Waals surface area contributed by atoms with Gasteiger partial charge in [0.15, 0.2) is 11.5 Å². The number of phenolic OH excluding ortho intramolecular Hbond substituents is 1. The third-order valence-electron chi connectivity index (χ3n) is 5.26. The van der Waals surface area contributed by atoms with E-state index in [1.54, 1.807) is 43.3 Å². The molecule has 31 heavy (non-hydrogen) atoms. The van der Waals surface area contributed by atoms with Crippen LogP contribution in [0.15, 0.2) is 64.6 Å². The normalized spacial score (nSPS) is 19.3. The second-order valence-electron chi connectivity index (χ2n) is 7.17. The van der Waals surface area contributed by atoms with E-state index >= 15 is 0 Å². The maximum Gasteiger partial charge on any atom is 0.300 e. The minimum atomic E-state index is -1.06. The zero-order chi connectivity index (χ0) is 21.7. The number of para-hydroxylation sites is 2. The lowest BCUT2D eigenvalue weighted by Crippen LogP contribution is -2.29. The Balaban J connectivity index is 1.71. The van der Waals surface area contributed by atoms with E-state index in [-0.39, 0.29) is 40.9 Å². The zero-order valence-corrected chi connectivity index (χ0v) is 16.4. The van der Waals surface area contributed by atoms with Gasteiger partial charge >= 0.3 is 0 Å². The predicted octanol–water partition coefficient (Wildman–Crippen LogP) is 3.65. The van der Waals surface area contributed by atoms with Crippen molar-refractivity contribution in [2.45, 2.75) is 13.0 Å². The van der Waals surface area contributed by atoms with Crippen LogP contribution in [0.4, 0.5) is 5.69 Å². The summed E-state index contributed by atoms with van der Waals surface area (Å²) in [7, 11) is 0. The van der Waals surface area contributed by atoms with E-state index in [4.69, 9.17) is 13.9 Å². The molecule has 3 aromatic rings. The number of hydrogen-bond donors (Lipinski definition) is 2. The molecule has 0 aliphatic carbocycles. The Morgan fingerprint density at radius 3 is 2.55 bits per heavy atom. The second kappa shape index (κ2) is 6.94. The lowest BCUT2D eigenvalue weighted by Gasteiger charge is -2.24. The first kappa shape index (κ1) is 18.8. The SMILES string of the molecule is Cc1ccc(C2/C(=C(/O)c3ccc4c(c3)OCO4)C(=O)C(=O)N2c2ccccc2O)o1. The highest BCUT2D eigenvalue weighted by atomic mass is 16.7. The molecule has 2 aliphatic rings. The van der Waals surface area contributed by atoms with Crippen molar-refractivity contribution < 1.29 is 33.7 Å². The largest absolute Gasteiger partial charge is 0.507 e. The van der Waals surface area contributed by atoms with Crippen molar-refractivity contribution in [2.24, 2.45) is 0 Å². The number of aromatic hydroxyl groups is 1. The fourth-order valence-electron chi connectivity index (χ4n) is 3.82. The molecule has 1 atom stereocenters. The van der Waals surface area contributed by atoms with E-state index in [0.29, 0.717) is 17.3 Å². The van der Waals surface area contributed by atoms with Crippen molar-refractivity contribution >= 4 is 23.1 Å². The Bertz CT molecular complexity index is 1260. The van der Waals surface area contributed by atoms with Gasteiger partial charge in [-0.05, 0) is 49.4 Å². The molecule has 156 valence electrons. The monoisotopic (exact) mass is 419 g/mol. The van der Waals surface area contributed by atoms with Gasteiger partial charge in [-0.2, -0.15) is 0 Å². The van der Waals surface area contributed by atoms with Crippen LogP contribution in [0.5, 0.6) is 17.2 Å². The number of furan rings is 1. The lowest BCUT2D eigenvalue weighted by molar-refractivity contribution is -0.132. The molecule has 2 aromatic carbocycles. The minimum Gasteiger partial charge on any atom is -0.507 e. The van der Waals surface area contributed by atoms with E-state index in [1.165, 1.54) is 18.2 Å². The third kappa shape index (κ3) is 2.92. The first-order valence-electron chi connectivity index (χ1n) is 9.51. The molecular weight excluding hydrogens is 402 g/mol. The Kier molecular flexibility index (Phi) is 4.21. The van der Waals surface area contributed by atoms with Gasteiger partial charge in [-0.25, -0.2) is 0 Å². The number of aryl methyl sites for hydroxylation is 1. The molecule has 1 unspecified atom stereocenters. The lowest BCUT2D eigenvalue weighted by atomic mass is 9.99. The van der Waals surface area contributed by atoms with Crippen LogP contribution in [-0.2, 0) is 9.59 Å². The molecule has 1 saturated heterocycles. The highest BCUT2D eigenvalue weighted by Crippen LogP contribution is 2.45. The fourth-order valence-corrected chi connectivity index (χ4v) is 3.82. The standard InChI is InChI=1S/C23H17NO7/c1-12-6-8-17(31-12)20-19(21(26)13-7-9-16-18(10-13)30-11-29-16)22(27)23(28)24(20)14-4-2-3-5-15(14)25/h2-10,20,25-26H,11H2,1H3/b21-19-. The molecule has 2 aliphatic heterocycles. The topological polar surface area (TPSA) is 109 Å². The summed E-state index contributed by atoms with van der Waals surface area (Å²) < 4.78 is 16.4. The van der Waals surface area contributed by atoms with E-state index in [1.807, 2.05) is 0 Å². The predicted molar refractivity (Wildman–Crippen MR) is 109 cm³/mol. The number of Topliss-reactive ketones (excluding diaryl/α,β-unsaturated/α-hetero) is 1. The minimum absolute atomic E-state index is 0.0584. The summed E-state index contributed by atoms with van der Waals surface area (Å²) in [6.45, 7) is 1.79. The first-order chi connectivity index (χ1) is 15.0. The molecular formula is C23H17NO7. The van der Waals surface area contributed by atoms with Gasteiger partial charge in [0, 0.05) is 5.56 Å². The van der Waals surface area contributed by atoms with Crippen LogP contribution in [0.3, 0.4) is 0 Å². The number of phenols is 1. The smallest absolute Gasteiger partial charge is 0.300 e. The molecule has 8 nitrogen and oxygen atoms in total. The van der Waals surface area contributed by atoms with E-state index in [0.717, 1.165) is 4.90 Å². The van der Waals surface area contributed by atoms with E-state index in [2.05, 4.69) is 0 Å². The zero-order valence-electron chi connectivity index (χ0n) is 16.4. The van der Waals surface area contributed by atoms with Gasteiger partial charge in [0.1, 0.15) is 29.1 Å². The molecule has 1 amide bonds. The highest BCUT2D eigenvalue weighted by molar-refractivity contribution is 6.51. The number of aliphatic hydroxyl groups is 1. The van der Waals surface area contributed by atoms with Gasteiger partial charge in [-0.3, -0.25) is 14.5 Å². The average molecular weight is 419 g/mol. The molecule has 0 saturated carbocycles. The Morgan fingerprint density at radius 1 is 1.03 bits per heavy atom. The molecule has 3 heterocycles. The summed E-state index contributed by atoms with van der Waals surface area (Å²) in [6, 6.07) is 13.2. The fraction of sp³-hybridized carbons (Fsp3) is 0.130. The van der Waals surface area contributed by atoms with Crippen LogP contribution in [-0.4, -0.2) is 28.7 Å². The van der Waals surface area contributed by atoms with Crippen molar-refractivity contribution in [3.63, 3.8) is 0 Å².